The predicted molar refractivity (Wildman–Crippen MR) is 170 cm³/mol. The fraction of sp³-hybridized carbons (Fsp3) is 0.424. The monoisotopic (exact) mass is 660 g/mol. The molecule has 0 aliphatic carbocycles. The summed E-state index contributed by atoms with van der Waals surface area (Å²) in [5.74, 6) is -3.94. The number of ether oxygens (including phenoxy) is 2. The zero-order chi connectivity index (χ0) is 33.7. The standard InChI is InChI=1S/C33H42F2N4O6S/c1-4-7-16-46(42,43)30(27-18-28(34)20-29(35)19-27)33(36,31(40)45-23-38-21-26-10-8-9-24(6-3)17-26)39(15-5-2)32(41)44-22-25-11-13-37-14-12-25/h8-14,17-20,30,38H,4-7,15-16,21-23,36H2,1-3H3/t30?,33-/m1/s1. The van der Waals surface area contributed by atoms with E-state index in [0.717, 1.165) is 34.6 Å². The van der Waals surface area contributed by atoms with Crippen molar-refractivity contribution in [1.29, 1.82) is 0 Å². The minimum absolute atomic E-state index is 0.167. The number of hydrogen-bond acceptors (Lipinski definition) is 9. The minimum atomic E-state index is -4.46. The maximum atomic E-state index is 14.6. The van der Waals surface area contributed by atoms with Crippen molar-refractivity contribution in [3.8, 4) is 0 Å². The molecule has 1 heterocycles. The molecule has 0 saturated carbocycles. The van der Waals surface area contributed by atoms with E-state index >= 15 is 0 Å². The van der Waals surface area contributed by atoms with Gasteiger partial charge in [0.1, 0.15) is 30.2 Å². The van der Waals surface area contributed by atoms with Gasteiger partial charge < -0.3 is 9.47 Å². The Bertz CT molecular complexity index is 1540. The number of rotatable bonds is 17. The predicted octanol–water partition coefficient (Wildman–Crippen LogP) is 5.17. The maximum absolute atomic E-state index is 14.6. The molecule has 1 amide bonds. The smallest absolute Gasteiger partial charge is 0.412 e. The van der Waals surface area contributed by atoms with E-state index in [4.69, 9.17) is 15.2 Å². The third kappa shape index (κ3) is 9.54. The molecule has 3 aromatic rings. The van der Waals surface area contributed by atoms with E-state index in [-0.39, 0.29) is 26.0 Å². The summed E-state index contributed by atoms with van der Waals surface area (Å²) >= 11 is 0. The summed E-state index contributed by atoms with van der Waals surface area (Å²) in [7, 11) is -4.46. The molecule has 46 heavy (non-hydrogen) atoms. The molecule has 0 radical (unpaired) electrons. The molecule has 250 valence electrons. The second-order valence-corrected chi connectivity index (χ2v) is 13.1. The van der Waals surface area contributed by atoms with Gasteiger partial charge in [0.2, 0.25) is 5.66 Å². The van der Waals surface area contributed by atoms with Gasteiger partial charge in [-0.15, -0.1) is 0 Å². The van der Waals surface area contributed by atoms with Crippen LogP contribution < -0.4 is 11.1 Å². The molecular formula is C33H42F2N4O6S. The minimum Gasteiger partial charge on any atom is -0.447 e. The molecule has 1 unspecified atom stereocenters. The van der Waals surface area contributed by atoms with Crippen LogP contribution in [0.25, 0.3) is 0 Å². The number of carbonyl (C=O) groups excluding carboxylic acids is 2. The number of aromatic nitrogens is 1. The second kappa shape index (κ2) is 17.1. The Hall–Kier alpha value is -3.94. The molecular weight excluding hydrogens is 618 g/mol. The molecule has 0 aliphatic heterocycles. The van der Waals surface area contributed by atoms with E-state index in [9.17, 15) is 26.8 Å². The summed E-state index contributed by atoms with van der Waals surface area (Å²) in [5, 5.41) is 0.858. The van der Waals surface area contributed by atoms with Crippen LogP contribution in [0.15, 0.2) is 67.0 Å². The van der Waals surface area contributed by atoms with E-state index in [1.54, 1.807) is 26.0 Å². The van der Waals surface area contributed by atoms with Gasteiger partial charge in [0.25, 0.3) is 0 Å². The Morgan fingerprint density at radius 3 is 2.26 bits per heavy atom. The van der Waals surface area contributed by atoms with Crippen LogP contribution in [0.2, 0.25) is 0 Å². The van der Waals surface area contributed by atoms with Crippen molar-refractivity contribution < 1.29 is 36.3 Å². The summed E-state index contributed by atoms with van der Waals surface area (Å²) in [6, 6.07) is 13.1. The SMILES string of the molecule is CCCCS(=O)(=O)C(c1cc(F)cc(F)c1)[C@](N)(C(=O)OCNCc1cccc(CC)c1)N(CCC)C(=O)OCc1ccncc1. The number of benzene rings is 2. The Balaban J connectivity index is 2.06. The molecule has 3 N–H and O–H groups in total. The highest BCUT2D eigenvalue weighted by Gasteiger charge is 2.57. The van der Waals surface area contributed by atoms with E-state index < -0.39 is 62.5 Å². The quantitative estimate of drug-likeness (QED) is 0.114. The third-order valence-corrected chi connectivity index (χ3v) is 9.52. The highest BCUT2D eigenvalue weighted by atomic mass is 32.2. The molecule has 1 aromatic heterocycles. The molecule has 0 bridgehead atoms. The van der Waals surface area contributed by atoms with Crippen molar-refractivity contribution in [3.63, 3.8) is 0 Å². The first-order valence-corrected chi connectivity index (χ1v) is 16.9. The Labute approximate surface area is 269 Å². The number of amides is 1. The lowest BCUT2D eigenvalue weighted by molar-refractivity contribution is -0.158. The first-order valence-electron chi connectivity index (χ1n) is 15.2. The van der Waals surface area contributed by atoms with E-state index in [2.05, 4.69) is 10.3 Å². The van der Waals surface area contributed by atoms with Crippen LogP contribution in [-0.2, 0) is 43.7 Å². The molecule has 3 rings (SSSR count). The van der Waals surface area contributed by atoms with Crippen molar-refractivity contribution in [1.82, 2.24) is 15.2 Å². The van der Waals surface area contributed by atoms with Crippen molar-refractivity contribution in [2.75, 3.05) is 19.0 Å². The van der Waals surface area contributed by atoms with E-state index in [1.807, 2.05) is 31.2 Å². The van der Waals surface area contributed by atoms with Crippen molar-refractivity contribution in [2.24, 2.45) is 5.73 Å². The number of halogens is 2. The van der Waals surface area contributed by atoms with Crippen LogP contribution in [0.4, 0.5) is 13.6 Å². The lowest BCUT2D eigenvalue weighted by Crippen LogP contribution is -2.69. The highest BCUT2D eigenvalue weighted by Crippen LogP contribution is 2.38. The van der Waals surface area contributed by atoms with Gasteiger partial charge in [-0.2, -0.15) is 0 Å². The first-order chi connectivity index (χ1) is 22.0. The summed E-state index contributed by atoms with van der Waals surface area (Å²) in [6.45, 7) is 4.89. The number of aryl methyl sites for hydroxylation is 1. The molecule has 0 spiro atoms. The number of nitrogens with zero attached hydrogens (tertiary/aromatic N) is 2. The zero-order valence-electron chi connectivity index (χ0n) is 26.4. The lowest BCUT2D eigenvalue weighted by atomic mass is 9.97. The largest absolute Gasteiger partial charge is 0.447 e. The van der Waals surface area contributed by atoms with Gasteiger partial charge in [0, 0.05) is 31.5 Å². The third-order valence-electron chi connectivity index (χ3n) is 7.32. The normalized spacial score (nSPS) is 13.4. The Kier molecular flexibility index (Phi) is 13.6. The van der Waals surface area contributed by atoms with Crippen LogP contribution in [0.1, 0.15) is 67.5 Å². The number of hydrogen-bond donors (Lipinski definition) is 2. The summed E-state index contributed by atoms with van der Waals surface area (Å²) in [4.78, 5) is 32.5. The van der Waals surface area contributed by atoms with Gasteiger partial charge in [-0.1, -0.05) is 51.5 Å². The average molecular weight is 661 g/mol. The molecule has 2 aromatic carbocycles. The van der Waals surface area contributed by atoms with Crippen LogP contribution in [0.5, 0.6) is 0 Å². The fourth-order valence-electron chi connectivity index (χ4n) is 5.02. The summed E-state index contributed by atoms with van der Waals surface area (Å²) in [5.41, 5.74) is 6.16. The maximum Gasteiger partial charge on any atom is 0.412 e. The van der Waals surface area contributed by atoms with Crippen LogP contribution in [-0.4, -0.2) is 55.1 Å². The van der Waals surface area contributed by atoms with Gasteiger partial charge in [0.15, 0.2) is 9.84 Å². The van der Waals surface area contributed by atoms with Gasteiger partial charge in [0.05, 0.1) is 5.75 Å². The topological polar surface area (TPSA) is 141 Å². The highest BCUT2D eigenvalue weighted by molar-refractivity contribution is 7.91. The zero-order valence-corrected chi connectivity index (χ0v) is 27.2. The van der Waals surface area contributed by atoms with Gasteiger partial charge in [-0.3, -0.25) is 20.9 Å². The number of carbonyl (C=O) groups is 2. The molecule has 13 heteroatoms. The number of nitrogens with two attached hydrogens (primary N) is 1. The number of esters is 1. The second-order valence-electron chi connectivity index (χ2n) is 10.9. The lowest BCUT2D eigenvalue weighted by Gasteiger charge is -2.42. The molecule has 0 aliphatic rings. The van der Waals surface area contributed by atoms with Crippen LogP contribution in [0.3, 0.4) is 0 Å². The van der Waals surface area contributed by atoms with Gasteiger partial charge >= 0.3 is 12.1 Å². The number of pyridine rings is 1. The molecule has 0 fully saturated rings. The Morgan fingerprint density at radius 2 is 1.63 bits per heavy atom. The van der Waals surface area contributed by atoms with Crippen LogP contribution in [0, 0.1) is 11.6 Å². The molecule has 2 atom stereocenters. The molecule has 10 nitrogen and oxygen atoms in total. The number of sulfone groups is 1. The summed E-state index contributed by atoms with van der Waals surface area (Å²) in [6.07, 6.45) is 3.56. The van der Waals surface area contributed by atoms with E-state index in [1.165, 1.54) is 12.4 Å². The first kappa shape index (κ1) is 36.5. The number of nitrogens with one attached hydrogen (secondary N) is 1. The van der Waals surface area contributed by atoms with Crippen molar-refractivity contribution >= 4 is 21.9 Å². The summed E-state index contributed by atoms with van der Waals surface area (Å²) < 4.78 is 68.2. The van der Waals surface area contributed by atoms with Gasteiger partial charge in [-0.05, 0) is 65.8 Å². The van der Waals surface area contributed by atoms with Crippen molar-refractivity contribution in [3.05, 3.63) is 101 Å². The van der Waals surface area contributed by atoms with E-state index in [0.29, 0.717) is 24.6 Å². The molecule has 0 saturated heterocycles. The van der Waals surface area contributed by atoms with Crippen LogP contribution >= 0.6 is 0 Å². The Morgan fingerprint density at radius 1 is 0.957 bits per heavy atom. The average Bonchev–Trinajstić information content (AvgIpc) is 3.03. The van der Waals surface area contributed by atoms with Gasteiger partial charge in [-0.25, -0.2) is 26.8 Å². The fourth-order valence-corrected chi connectivity index (χ4v) is 7.27. The van der Waals surface area contributed by atoms with Crippen molar-refractivity contribution in [2.45, 2.75) is 70.5 Å². The number of unbranched alkanes of at least 4 members (excludes halogenated alkanes) is 1.